The molecule has 0 radical (unpaired) electrons. The third kappa shape index (κ3) is 3.23. The van der Waals surface area contributed by atoms with Crippen LogP contribution in [0.2, 0.25) is 0 Å². The number of carbonyl (C=O) groups is 1. The Bertz CT molecular complexity index is 400. The molecule has 0 N–H and O–H groups in total. The first kappa shape index (κ1) is 13.4. The van der Waals surface area contributed by atoms with E-state index < -0.39 is 0 Å². The van der Waals surface area contributed by atoms with Crippen LogP contribution in [0, 0.1) is 0 Å². The Balaban J connectivity index is 1.84. The Morgan fingerprint density at radius 3 is 2.83 bits per heavy atom. The summed E-state index contributed by atoms with van der Waals surface area (Å²) in [6.45, 7) is 2.03. The van der Waals surface area contributed by atoms with Crippen LogP contribution in [-0.4, -0.2) is 52.3 Å². The molecule has 2 heterocycles. The molecule has 18 heavy (non-hydrogen) atoms. The summed E-state index contributed by atoms with van der Waals surface area (Å²) >= 11 is 5.58. The van der Waals surface area contributed by atoms with Crippen molar-refractivity contribution in [1.82, 2.24) is 14.7 Å². The number of alkyl halides is 1. The van der Waals surface area contributed by atoms with E-state index in [2.05, 4.69) is 5.10 Å². The number of hydrogen-bond acceptors (Lipinski definition) is 3. The fraction of sp³-hybridized carbons (Fsp3) is 0.667. The molecule has 1 aromatic heterocycles. The minimum absolute atomic E-state index is 0.00592. The molecule has 1 saturated heterocycles. The van der Waals surface area contributed by atoms with Gasteiger partial charge in [-0.05, 0) is 18.9 Å². The van der Waals surface area contributed by atoms with Gasteiger partial charge in [-0.3, -0.25) is 9.48 Å². The van der Waals surface area contributed by atoms with Gasteiger partial charge in [-0.2, -0.15) is 5.10 Å². The number of likely N-dealkylation sites (tertiary alicyclic amines) is 1. The lowest BCUT2D eigenvalue weighted by atomic mass is 10.1. The second kappa shape index (κ2) is 6.20. The predicted molar refractivity (Wildman–Crippen MR) is 68.8 cm³/mol. The molecule has 1 amide bonds. The summed E-state index contributed by atoms with van der Waals surface area (Å²) in [6, 6.07) is 1.75. The van der Waals surface area contributed by atoms with E-state index in [0.717, 1.165) is 25.9 Å². The van der Waals surface area contributed by atoms with Crippen LogP contribution in [0.3, 0.4) is 0 Å². The van der Waals surface area contributed by atoms with Gasteiger partial charge in [0.2, 0.25) is 0 Å². The molecule has 1 aliphatic rings. The molecule has 1 aromatic rings. The highest BCUT2D eigenvalue weighted by atomic mass is 35.5. The maximum absolute atomic E-state index is 12.1. The maximum Gasteiger partial charge on any atom is 0.274 e. The number of ether oxygens (including phenoxy) is 1. The van der Waals surface area contributed by atoms with Crippen molar-refractivity contribution in [2.75, 3.05) is 25.6 Å². The zero-order valence-electron chi connectivity index (χ0n) is 10.5. The van der Waals surface area contributed by atoms with Crippen LogP contribution in [0.15, 0.2) is 12.3 Å². The maximum atomic E-state index is 12.1. The molecule has 0 spiro atoms. The highest BCUT2D eigenvalue weighted by molar-refractivity contribution is 6.17. The van der Waals surface area contributed by atoms with Gasteiger partial charge in [0.25, 0.3) is 5.91 Å². The fourth-order valence-corrected chi connectivity index (χ4v) is 2.22. The van der Waals surface area contributed by atoms with E-state index in [1.807, 2.05) is 11.9 Å². The fourth-order valence-electron chi connectivity index (χ4n) is 2.13. The Hall–Kier alpha value is -1.07. The van der Waals surface area contributed by atoms with E-state index in [9.17, 15) is 4.79 Å². The Morgan fingerprint density at radius 2 is 2.28 bits per heavy atom. The van der Waals surface area contributed by atoms with Crippen molar-refractivity contribution in [3.8, 4) is 0 Å². The van der Waals surface area contributed by atoms with Crippen LogP contribution in [0.1, 0.15) is 23.3 Å². The normalized spacial score (nSPS) is 17.1. The van der Waals surface area contributed by atoms with E-state index >= 15 is 0 Å². The Morgan fingerprint density at radius 1 is 1.56 bits per heavy atom. The molecular formula is C12H18ClN3O2. The molecule has 0 atom stereocenters. The number of carbonyl (C=O) groups excluding carboxylic acids is 1. The molecule has 6 heteroatoms. The second-order valence-corrected chi connectivity index (χ2v) is 4.80. The van der Waals surface area contributed by atoms with Gasteiger partial charge in [0.15, 0.2) is 0 Å². The van der Waals surface area contributed by atoms with Crippen LogP contribution in [0.4, 0.5) is 0 Å². The summed E-state index contributed by atoms with van der Waals surface area (Å²) in [5.74, 6) is 0.527. The lowest BCUT2D eigenvalue weighted by Crippen LogP contribution is -2.41. The van der Waals surface area contributed by atoms with Crippen molar-refractivity contribution in [3.05, 3.63) is 18.0 Å². The van der Waals surface area contributed by atoms with Crippen molar-refractivity contribution in [2.45, 2.75) is 18.9 Å². The minimum Gasteiger partial charge on any atom is -0.377 e. The van der Waals surface area contributed by atoms with Crippen molar-refractivity contribution in [1.29, 1.82) is 0 Å². The number of amides is 1. The third-order valence-electron chi connectivity index (χ3n) is 3.09. The number of nitrogens with zero attached hydrogens (tertiary/aromatic N) is 3. The van der Waals surface area contributed by atoms with Gasteiger partial charge in [0, 0.05) is 32.2 Å². The topological polar surface area (TPSA) is 47.4 Å². The molecule has 0 aliphatic carbocycles. The molecule has 0 bridgehead atoms. The third-order valence-corrected chi connectivity index (χ3v) is 3.25. The summed E-state index contributed by atoms with van der Waals surface area (Å²) in [5, 5.41) is 4.13. The highest BCUT2D eigenvalue weighted by Gasteiger charge is 2.24. The molecule has 100 valence electrons. The van der Waals surface area contributed by atoms with Gasteiger partial charge in [0.05, 0.1) is 12.7 Å². The minimum atomic E-state index is 0.00592. The molecule has 5 nitrogen and oxygen atoms in total. The van der Waals surface area contributed by atoms with Gasteiger partial charge in [-0.1, -0.05) is 0 Å². The molecule has 0 saturated carbocycles. The predicted octanol–water partition coefficient (Wildman–Crippen LogP) is 1.28. The summed E-state index contributed by atoms with van der Waals surface area (Å²) < 4.78 is 7.22. The van der Waals surface area contributed by atoms with Crippen LogP contribution in [0.25, 0.3) is 0 Å². The summed E-state index contributed by atoms with van der Waals surface area (Å²) in [6.07, 6.45) is 3.76. The molecule has 0 unspecified atom stereocenters. The van der Waals surface area contributed by atoms with E-state index in [-0.39, 0.29) is 12.0 Å². The van der Waals surface area contributed by atoms with Gasteiger partial charge < -0.3 is 9.64 Å². The first-order valence-corrected chi connectivity index (χ1v) is 6.70. The first-order chi connectivity index (χ1) is 8.70. The average Bonchev–Trinajstić information content (AvgIpc) is 2.83. The SMILES string of the molecule is Cn1ccc(C(=O)N2CCC(OCCCl)CC2)n1. The monoisotopic (exact) mass is 271 g/mol. The molecule has 1 fully saturated rings. The van der Waals surface area contributed by atoms with Crippen LogP contribution in [0.5, 0.6) is 0 Å². The van der Waals surface area contributed by atoms with Crippen molar-refractivity contribution < 1.29 is 9.53 Å². The zero-order chi connectivity index (χ0) is 13.0. The molecule has 2 rings (SSSR count). The highest BCUT2D eigenvalue weighted by Crippen LogP contribution is 2.15. The Labute approximate surface area is 112 Å². The molecule has 0 aromatic carbocycles. The quantitative estimate of drug-likeness (QED) is 0.775. The van der Waals surface area contributed by atoms with E-state index in [4.69, 9.17) is 16.3 Å². The van der Waals surface area contributed by atoms with Crippen molar-refractivity contribution in [2.24, 2.45) is 7.05 Å². The van der Waals surface area contributed by atoms with E-state index in [1.165, 1.54) is 0 Å². The van der Waals surface area contributed by atoms with Crippen LogP contribution < -0.4 is 0 Å². The zero-order valence-corrected chi connectivity index (χ0v) is 11.3. The van der Waals surface area contributed by atoms with Gasteiger partial charge >= 0.3 is 0 Å². The smallest absolute Gasteiger partial charge is 0.274 e. The molecular weight excluding hydrogens is 254 g/mol. The summed E-state index contributed by atoms with van der Waals surface area (Å²) in [7, 11) is 1.81. The van der Waals surface area contributed by atoms with Gasteiger partial charge in [-0.25, -0.2) is 0 Å². The number of rotatable bonds is 4. The number of aryl methyl sites for hydroxylation is 1. The summed E-state index contributed by atoms with van der Waals surface area (Å²) in [5.41, 5.74) is 0.512. The largest absolute Gasteiger partial charge is 0.377 e. The first-order valence-electron chi connectivity index (χ1n) is 6.17. The summed E-state index contributed by atoms with van der Waals surface area (Å²) in [4.78, 5) is 14.0. The van der Waals surface area contributed by atoms with Crippen LogP contribution in [-0.2, 0) is 11.8 Å². The average molecular weight is 272 g/mol. The standard InChI is InChI=1S/C12H18ClN3O2/c1-15-6-4-11(14-15)12(17)16-7-2-10(3-8-16)18-9-5-13/h4,6,10H,2-3,5,7-9H2,1H3. The molecule has 1 aliphatic heterocycles. The van der Waals surface area contributed by atoms with E-state index in [1.54, 1.807) is 16.9 Å². The number of hydrogen-bond donors (Lipinski definition) is 0. The van der Waals surface area contributed by atoms with Gasteiger partial charge in [0.1, 0.15) is 5.69 Å². The number of piperidine rings is 1. The van der Waals surface area contributed by atoms with Gasteiger partial charge in [-0.15, -0.1) is 11.6 Å². The van der Waals surface area contributed by atoms with Crippen LogP contribution >= 0.6 is 11.6 Å². The van der Waals surface area contributed by atoms with E-state index in [0.29, 0.717) is 18.2 Å². The van der Waals surface area contributed by atoms with Crippen molar-refractivity contribution >= 4 is 17.5 Å². The lowest BCUT2D eigenvalue weighted by molar-refractivity contribution is 0.0152. The van der Waals surface area contributed by atoms with Crippen molar-refractivity contribution in [3.63, 3.8) is 0 Å². The lowest BCUT2D eigenvalue weighted by Gasteiger charge is -2.31. The second-order valence-electron chi connectivity index (χ2n) is 4.43. The number of halogens is 1. The Kier molecular flexibility index (Phi) is 4.60. The number of aromatic nitrogens is 2.